The molecule has 3 N–H and O–H groups in total. The minimum atomic E-state index is -5.14. The van der Waals surface area contributed by atoms with Gasteiger partial charge < -0.3 is 10.2 Å². The van der Waals surface area contributed by atoms with Gasteiger partial charge in [-0.1, -0.05) is 64.6 Å². The van der Waals surface area contributed by atoms with Crippen LogP contribution in [-0.2, 0) is 14.9 Å². The summed E-state index contributed by atoms with van der Waals surface area (Å²) in [5, 5.41) is 20.4. The van der Waals surface area contributed by atoms with Crippen LogP contribution in [0.25, 0.3) is 0 Å². The fraction of sp³-hybridized carbons (Fsp3) is 0.0526. The Morgan fingerprint density at radius 1 is 0.793 bits per heavy atom. The lowest BCUT2D eigenvalue weighted by Gasteiger charge is -2.34. The third kappa shape index (κ3) is 3.77. The maximum Gasteiger partial charge on any atom is 0.283 e. The zero-order valence-electron chi connectivity index (χ0n) is 14.3. The van der Waals surface area contributed by atoms with E-state index in [0.29, 0.717) is 0 Å². The molecule has 3 aromatic rings. The molecule has 0 saturated carbocycles. The number of halogens is 4. The van der Waals surface area contributed by atoms with Crippen LogP contribution in [0.2, 0.25) is 20.1 Å². The first-order chi connectivity index (χ1) is 13.5. The van der Waals surface area contributed by atoms with Gasteiger partial charge in [0.05, 0.1) is 5.02 Å². The zero-order chi connectivity index (χ0) is 21.6. The monoisotopic (exact) mass is 492 g/mol. The fourth-order valence-corrected chi connectivity index (χ4v) is 5.87. The molecule has 0 fully saturated rings. The number of benzene rings is 3. The van der Waals surface area contributed by atoms with E-state index < -0.39 is 26.2 Å². The summed E-state index contributed by atoms with van der Waals surface area (Å²) in [5.74, 6) is -0.989. The molecule has 1 atom stereocenters. The third-order valence-electron chi connectivity index (χ3n) is 4.32. The van der Waals surface area contributed by atoms with Gasteiger partial charge in [-0.25, -0.2) is 0 Å². The lowest BCUT2D eigenvalue weighted by molar-refractivity contribution is 0.439. The number of aromatic hydroxyl groups is 2. The molecule has 0 heterocycles. The van der Waals surface area contributed by atoms with E-state index in [1.54, 1.807) is 6.07 Å². The Bertz CT molecular complexity index is 1170. The van der Waals surface area contributed by atoms with E-state index in [1.807, 2.05) is 0 Å². The van der Waals surface area contributed by atoms with Crippen molar-refractivity contribution < 1.29 is 23.2 Å². The second kappa shape index (κ2) is 7.87. The summed E-state index contributed by atoms with van der Waals surface area (Å²) in [5.41, 5.74) is -0.719. The Morgan fingerprint density at radius 2 is 1.41 bits per heavy atom. The minimum absolute atomic E-state index is 0.0235. The highest BCUT2D eigenvalue weighted by molar-refractivity contribution is 7.87. The van der Waals surface area contributed by atoms with Crippen LogP contribution in [-0.4, -0.2) is 23.2 Å². The molecular weight excluding hydrogens is 482 g/mol. The molecule has 1 unspecified atom stereocenters. The zero-order valence-corrected chi connectivity index (χ0v) is 18.1. The quantitative estimate of drug-likeness (QED) is 0.311. The molecule has 152 valence electrons. The van der Waals surface area contributed by atoms with E-state index in [4.69, 9.17) is 46.4 Å². The maximum atomic E-state index is 13.0. The molecule has 0 aliphatic rings. The van der Waals surface area contributed by atoms with Gasteiger partial charge >= 0.3 is 0 Å². The van der Waals surface area contributed by atoms with Gasteiger partial charge in [-0.05, 0) is 42.0 Å². The standard InChI is InChI=1S/C19H12Cl4O5S/c20-11-5-10(6-13(24)7-11)19(29(26,27)28,14-3-1-2-4-15(14)22)18-16(23)8-12(21)9-17(18)25/h1-9,24-25H,(H,26,27,28). The van der Waals surface area contributed by atoms with Crippen molar-refractivity contribution in [2.75, 3.05) is 0 Å². The molecule has 0 spiro atoms. The number of rotatable bonds is 4. The van der Waals surface area contributed by atoms with Crippen molar-refractivity contribution in [2.45, 2.75) is 4.75 Å². The van der Waals surface area contributed by atoms with E-state index in [1.165, 1.54) is 36.4 Å². The highest BCUT2D eigenvalue weighted by Crippen LogP contribution is 2.52. The summed E-state index contributed by atoms with van der Waals surface area (Å²) in [6, 6.07) is 11.5. The molecule has 0 aromatic heterocycles. The SMILES string of the molecule is O=S(=O)(O)C(c1cc(O)cc(Cl)c1)(c1ccccc1Cl)c1c(O)cc(Cl)cc1Cl. The van der Waals surface area contributed by atoms with Crippen LogP contribution in [0.4, 0.5) is 0 Å². The molecule has 0 aliphatic heterocycles. The minimum Gasteiger partial charge on any atom is -0.508 e. The molecule has 5 nitrogen and oxygen atoms in total. The van der Waals surface area contributed by atoms with Gasteiger partial charge in [0.2, 0.25) is 0 Å². The van der Waals surface area contributed by atoms with E-state index in [0.717, 1.165) is 12.1 Å². The van der Waals surface area contributed by atoms with Crippen LogP contribution in [0.3, 0.4) is 0 Å². The largest absolute Gasteiger partial charge is 0.508 e. The Hall–Kier alpha value is -1.67. The van der Waals surface area contributed by atoms with Gasteiger partial charge in [-0.3, -0.25) is 4.55 Å². The molecular formula is C19H12Cl4O5S. The van der Waals surface area contributed by atoms with Crippen LogP contribution in [0.15, 0.2) is 54.6 Å². The smallest absolute Gasteiger partial charge is 0.283 e. The fourth-order valence-electron chi connectivity index (χ4n) is 3.28. The van der Waals surface area contributed by atoms with Gasteiger partial charge in [0.15, 0.2) is 4.75 Å². The molecule has 0 bridgehead atoms. The Labute approximate surface area is 186 Å². The Morgan fingerprint density at radius 3 is 1.97 bits per heavy atom. The molecule has 3 aromatic carbocycles. The number of phenols is 2. The predicted octanol–water partition coefficient (Wildman–Crippen LogP) is 5.89. The summed E-state index contributed by atoms with van der Waals surface area (Å²) in [6.07, 6.45) is 0. The second-order valence-electron chi connectivity index (χ2n) is 6.12. The molecule has 29 heavy (non-hydrogen) atoms. The topological polar surface area (TPSA) is 94.8 Å². The molecule has 0 saturated heterocycles. The van der Waals surface area contributed by atoms with Crippen molar-refractivity contribution in [2.24, 2.45) is 0 Å². The Kier molecular flexibility index (Phi) is 5.98. The first kappa shape index (κ1) is 22.0. The van der Waals surface area contributed by atoms with E-state index in [2.05, 4.69) is 0 Å². The molecule has 0 aliphatic carbocycles. The summed E-state index contributed by atoms with van der Waals surface area (Å²) < 4.78 is 33.9. The van der Waals surface area contributed by atoms with Gasteiger partial charge in [-0.15, -0.1) is 0 Å². The number of hydrogen-bond donors (Lipinski definition) is 3. The van der Waals surface area contributed by atoms with Crippen molar-refractivity contribution in [1.82, 2.24) is 0 Å². The number of hydrogen-bond acceptors (Lipinski definition) is 4. The van der Waals surface area contributed by atoms with E-state index in [9.17, 15) is 23.2 Å². The number of phenolic OH excluding ortho intramolecular Hbond substituents is 2. The highest BCUT2D eigenvalue weighted by atomic mass is 35.5. The third-order valence-corrected chi connectivity index (χ3v) is 6.81. The van der Waals surface area contributed by atoms with E-state index >= 15 is 0 Å². The summed E-state index contributed by atoms with van der Waals surface area (Å²) >= 11 is 24.6. The van der Waals surface area contributed by atoms with Crippen LogP contribution < -0.4 is 0 Å². The lowest BCUT2D eigenvalue weighted by atomic mass is 9.83. The van der Waals surface area contributed by atoms with Gasteiger partial charge in [0.25, 0.3) is 10.1 Å². The molecule has 10 heteroatoms. The molecule has 3 rings (SSSR count). The van der Waals surface area contributed by atoms with Crippen LogP contribution in [0, 0.1) is 0 Å². The van der Waals surface area contributed by atoms with Crippen molar-refractivity contribution in [1.29, 1.82) is 0 Å². The molecule has 0 amide bonds. The van der Waals surface area contributed by atoms with E-state index in [-0.39, 0.29) is 37.0 Å². The lowest BCUT2D eigenvalue weighted by Crippen LogP contribution is -2.39. The highest BCUT2D eigenvalue weighted by Gasteiger charge is 2.52. The van der Waals surface area contributed by atoms with Crippen molar-refractivity contribution >= 4 is 56.5 Å². The van der Waals surface area contributed by atoms with Crippen molar-refractivity contribution in [3.05, 3.63) is 91.4 Å². The summed E-state index contributed by atoms with van der Waals surface area (Å²) in [7, 11) is -5.14. The summed E-state index contributed by atoms with van der Waals surface area (Å²) in [4.78, 5) is 0. The normalized spacial score (nSPS) is 13.8. The maximum absolute atomic E-state index is 13.0. The van der Waals surface area contributed by atoms with Gasteiger partial charge in [-0.2, -0.15) is 8.42 Å². The summed E-state index contributed by atoms with van der Waals surface area (Å²) in [6.45, 7) is 0. The first-order valence-electron chi connectivity index (χ1n) is 7.89. The second-order valence-corrected chi connectivity index (χ2v) is 9.37. The first-order valence-corrected chi connectivity index (χ1v) is 10.8. The van der Waals surface area contributed by atoms with Gasteiger partial charge in [0.1, 0.15) is 11.5 Å². The van der Waals surface area contributed by atoms with Crippen molar-refractivity contribution in [3.63, 3.8) is 0 Å². The van der Waals surface area contributed by atoms with Crippen LogP contribution >= 0.6 is 46.4 Å². The average molecular weight is 494 g/mol. The average Bonchev–Trinajstić information content (AvgIpc) is 2.56. The van der Waals surface area contributed by atoms with Crippen LogP contribution in [0.5, 0.6) is 11.5 Å². The van der Waals surface area contributed by atoms with Crippen molar-refractivity contribution in [3.8, 4) is 11.5 Å². The van der Waals surface area contributed by atoms with Crippen LogP contribution in [0.1, 0.15) is 16.7 Å². The molecule has 0 radical (unpaired) electrons. The van der Waals surface area contributed by atoms with Gasteiger partial charge in [0, 0.05) is 26.2 Å². The predicted molar refractivity (Wildman–Crippen MR) is 114 cm³/mol. The Balaban J connectivity index is 2.66.